The van der Waals surface area contributed by atoms with Gasteiger partial charge >= 0.3 is 6.18 Å². The molecule has 0 saturated heterocycles. The molecule has 0 aliphatic carbocycles. The summed E-state index contributed by atoms with van der Waals surface area (Å²) in [6.07, 6.45) is -0.432. The normalized spacial score (nSPS) is 17.9. The number of nitriles is 1. The molecule has 0 radical (unpaired) electrons. The molecular weight excluding hydrogens is 398 g/mol. The summed E-state index contributed by atoms with van der Waals surface area (Å²) in [4.78, 5) is 5.75. The van der Waals surface area contributed by atoms with Crippen molar-refractivity contribution in [2.75, 3.05) is 0 Å². The second-order valence-corrected chi connectivity index (χ2v) is 6.69. The summed E-state index contributed by atoms with van der Waals surface area (Å²) >= 11 is 5.63. The molecule has 1 aromatic heterocycles. The van der Waals surface area contributed by atoms with Crippen molar-refractivity contribution in [3.8, 4) is 6.07 Å². The van der Waals surface area contributed by atoms with Gasteiger partial charge in [0.2, 0.25) is 0 Å². The first-order chi connectivity index (χ1) is 13.1. The van der Waals surface area contributed by atoms with Gasteiger partial charge in [-0.05, 0) is 25.2 Å². The largest absolute Gasteiger partial charge is 0.433 e. The third-order valence-electron chi connectivity index (χ3n) is 4.10. The molecule has 3 heterocycles. The van der Waals surface area contributed by atoms with Crippen LogP contribution in [0.2, 0.25) is 5.15 Å². The fourth-order valence-corrected chi connectivity index (χ4v) is 3.10. The Morgan fingerprint density at radius 3 is 2.71 bits per heavy atom. The molecule has 28 heavy (non-hydrogen) atoms. The van der Waals surface area contributed by atoms with Gasteiger partial charge in [0.25, 0.3) is 0 Å². The molecule has 2 aliphatic heterocycles. The van der Waals surface area contributed by atoms with Crippen molar-refractivity contribution in [2.24, 2.45) is 10.9 Å². The molecule has 146 valence electrons. The van der Waals surface area contributed by atoms with Crippen LogP contribution in [0.5, 0.6) is 0 Å². The summed E-state index contributed by atoms with van der Waals surface area (Å²) in [5.74, 6) is -0.652. The van der Waals surface area contributed by atoms with Crippen LogP contribution in [0.1, 0.15) is 19.0 Å². The lowest BCUT2D eigenvalue weighted by atomic mass is 10.0. The molecule has 0 amide bonds. The first-order valence-electron chi connectivity index (χ1n) is 8.15. The van der Waals surface area contributed by atoms with Crippen LogP contribution < -0.4 is 0 Å². The molecule has 1 unspecified atom stereocenters. The molecule has 1 aromatic rings. The van der Waals surface area contributed by atoms with Crippen molar-refractivity contribution in [1.29, 1.82) is 5.26 Å². The number of halogens is 5. The third kappa shape index (κ3) is 3.87. The first-order valence-corrected chi connectivity index (χ1v) is 8.53. The van der Waals surface area contributed by atoms with Crippen LogP contribution in [0.15, 0.2) is 58.8 Å². The Morgan fingerprint density at radius 2 is 2.07 bits per heavy atom. The van der Waals surface area contributed by atoms with Gasteiger partial charge < -0.3 is 0 Å². The van der Waals surface area contributed by atoms with Crippen LogP contribution >= 0.6 is 11.6 Å². The van der Waals surface area contributed by atoms with Crippen molar-refractivity contribution < 1.29 is 17.6 Å². The topological polar surface area (TPSA) is 57.2 Å². The van der Waals surface area contributed by atoms with Gasteiger partial charge in [0, 0.05) is 24.1 Å². The van der Waals surface area contributed by atoms with E-state index in [2.05, 4.69) is 16.7 Å². The van der Waals surface area contributed by atoms with Crippen molar-refractivity contribution in [3.05, 3.63) is 64.6 Å². The molecular formula is C18H14ClF4N5. The average Bonchev–Trinajstić information content (AvgIpc) is 2.97. The van der Waals surface area contributed by atoms with Gasteiger partial charge in [-0.2, -0.15) is 23.5 Å². The Morgan fingerprint density at radius 1 is 1.36 bits per heavy atom. The second kappa shape index (κ2) is 7.28. The van der Waals surface area contributed by atoms with Crippen LogP contribution in [0, 0.1) is 17.2 Å². The average molecular weight is 412 g/mol. The fraction of sp³-hybridized carbons (Fsp3) is 0.278. The predicted octanol–water partition coefficient (Wildman–Crippen LogP) is 4.97. The van der Waals surface area contributed by atoms with Crippen molar-refractivity contribution in [3.63, 3.8) is 0 Å². The predicted molar refractivity (Wildman–Crippen MR) is 95.4 cm³/mol. The lowest BCUT2D eigenvalue weighted by Crippen LogP contribution is -2.33. The van der Waals surface area contributed by atoms with E-state index in [0.717, 1.165) is 6.07 Å². The second-order valence-electron chi connectivity index (χ2n) is 6.30. The van der Waals surface area contributed by atoms with Crippen LogP contribution in [0.25, 0.3) is 0 Å². The van der Waals surface area contributed by atoms with Gasteiger partial charge in [0.1, 0.15) is 17.4 Å². The number of nitrogens with zero attached hydrogens (tertiary/aromatic N) is 5. The number of allylic oxidation sites excluding steroid dienone is 5. The summed E-state index contributed by atoms with van der Waals surface area (Å²) < 4.78 is 54.4. The molecule has 0 bridgehead atoms. The summed E-state index contributed by atoms with van der Waals surface area (Å²) in [7, 11) is 0. The van der Waals surface area contributed by atoms with E-state index in [0.29, 0.717) is 16.2 Å². The zero-order valence-corrected chi connectivity index (χ0v) is 15.4. The van der Waals surface area contributed by atoms with E-state index in [1.807, 2.05) is 6.07 Å². The minimum atomic E-state index is -4.62. The minimum absolute atomic E-state index is 0.140. The smallest absolute Gasteiger partial charge is 0.296 e. The Bertz CT molecular complexity index is 991. The molecule has 10 heteroatoms. The molecule has 0 spiro atoms. The van der Waals surface area contributed by atoms with Crippen LogP contribution in [0.4, 0.5) is 17.6 Å². The van der Waals surface area contributed by atoms with Gasteiger partial charge in [-0.25, -0.2) is 9.38 Å². The first kappa shape index (κ1) is 19.9. The van der Waals surface area contributed by atoms with Crippen LogP contribution in [-0.4, -0.2) is 20.5 Å². The molecule has 0 saturated carbocycles. The summed E-state index contributed by atoms with van der Waals surface area (Å²) in [6.45, 7) is 5.22. The molecule has 0 fully saturated rings. The Hall–Kier alpha value is -2.86. The highest BCUT2D eigenvalue weighted by molar-refractivity contribution is 6.29. The number of rotatable bonds is 4. The van der Waals surface area contributed by atoms with Crippen molar-refractivity contribution in [2.45, 2.75) is 26.1 Å². The van der Waals surface area contributed by atoms with Crippen LogP contribution in [0.3, 0.4) is 0 Å². The number of hydrogen-bond donors (Lipinski definition) is 0. The van der Waals surface area contributed by atoms with E-state index in [-0.39, 0.29) is 29.5 Å². The van der Waals surface area contributed by atoms with Gasteiger partial charge in [-0.1, -0.05) is 18.2 Å². The maximum Gasteiger partial charge on any atom is 0.433 e. The maximum absolute atomic E-state index is 14.3. The highest BCUT2D eigenvalue weighted by Gasteiger charge is 2.36. The highest BCUT2D eigenvalue weighted by atomic mass is 35.5. The third-order valence-corrected chi connectivity index (χ3v) is 4.29. The molecule has 5 nitrogen and oxygen atoms in total. The molecule has 0 N–H and O–H groups in total. The van der Waals surface area contributed by atoms with E-state index in [9.17, 15) is 17.6 Å². The number of aromatic nitrogens is 2. The zero-order chi connectivity index (χ0) is 20.6. The van der Waals surface area contributed by atoms with E-state index in [1.54, 1.807) is 6.92 Å². The van der Waals surface area contributed by atoms with Gasteiger partial charge in [-0.3, -0.25) is 9.58 Å². The lowest BCUT2D eigenvalue weighted by molar-refractivity contribution is -0.144. The summed E-state index contributed by atoms with van der Waals surface area (Å²) in [6, 6.07) is 2.78. The monoisotopic (exact) mass is 411 g/mol. The Kier molecular flexibility index (Phi) is 5.17. The maximum atomic E-state index is 14.3. The van der Waals surface area contributed by atoms with Crippen LogP contribution in [-0.2, 0) is 12.7 Å². The lowest BCUT2D eigenvalue weighted by Gasteiger charge is -2.33. The van der Waals surface area contributed by atoms with Gasteiger partial charge in [-0.15, -0.1) is 0 Å². The number of alkyl halides is 3. The number of aliphatic imine (C=N–C) groups is 1. The van der Waals surface area contributed by atoms with Gasteiger partial charge in [0.15, 0.2) is 5.15 Å². The summed E-state index contributed by atoms with van der Waals surface area (Å²) in [5, 5.41) is 12.4. The number of fused-ring (bicyclic) bond motifs is 1. The van der Waals surface area contributed by atoms with Crippen molar-refractivity contribution in [1.82, 2.24) is 14.7 Å². The molecule has 3 rings (SSSR count). The van der Waals surface area contributed by atoms with Crippen molar-refractivity contribution >= 4 is 17.4 Å². The van der Waals surface area contributed by atoms with E-state index in [1.165, 1.54) is 23.1 Å². The van der Waals surface area contributed by atoms with E-state index < -0.39 is 23.6 Å². The zero-order valence-electron chi connectivity index (χ0n) is 14.6. The highest BCUT2D eigenvalue weighted by Crippen LogP contribution is 2.34. The number of hydrogen-bond acceptors (Lipinski definition) is 4. The van der Waals surface area contributed by atoms with E-state index in [4.69, 9.17) is 16.9 Å². The molecule has 1 atom stereocenters. The van der Waals surface area contributed by atoms with Gasteiger partial charge in [0.05, 0.1) is 24.0 Å². The SMILES string of the molecule is C=C1C=C(Cn2nc(Cl)cc2C(F)(F)F)N=C2C=CC(F)=C(CC(C)C#N)N12. The molecule has 0 aromatic carbocycles. The Balaban J connectivity index is 1.91. The fourth-order valence-electron chi connectivity index (χ4n) is 2.90. The standard InChI is InChI=1S/C18H14ClF4N5/c1-10(8-24)5-14-13(20)3-4-17-25-12(6-11(2)28(14)17)9-27-15(18(21,22)23)7-16(19)26-27/h3-4,6-7,10H,2,5,9H2,1H3. The molecule has 2 aliphatic rings. The minimum Gasteiger partial charge on any atom is -0.296 e. The number of amidine groups is 1. The summed E-state index contributed by atoms with van der Waals surface area (Å²) in [5.41, 5.74) is -0.193. The quantitative estimate of drug-likeness (QED) is 0.657. The van der Waals surface area contributed by atoms with E-state index >= 15 is 0 Å². The Labute approximate surface area is 163 Å².